The molecule has 1 aliphatic rings. The highest BCUT2D eigenvalue weighted by Crippen LogP contribution is 2.07. The Morgan fingerprint density at radius 2 is 1.58 bits per heavy atom. The van der Waals surface area contributed by atoms with Crippen LogP contribution < -0.4 is 0 Å². The highest BCUT2D eigenvalue weighted by molar-refractivity contribution is 4.84. The molecule has 0 unspecified atom stereocenters. The van der Waals surface area contributed by atoms with E-state index in [9.17, 15) is 0 Å². The van der Waals surface area contributed by atoms with Gasteiger partial charge in [-0.25, -0.2) is 0 Å². The molecule has 12 heavy (non-hydrogen) atoms. The molecular weight excluding hydrogens is 144 g/mol. The first-order valence-electron chi connectivity index (χ1n) is 5.20. The van der Waals surface area contributed by atoms with Crippen molar-refractivity contribution in [2.45, 2.75) is 51.4 Å². The van der Waals surface area contributed by atoms with Crippen LogP contribution in [0.4, 0.5) is 0 Å². The van der Waals surface area contributed by atoms with Crippen molar-refractivity contribution in [3.63, 3.8) is 0 Å². The lowest BCUT2D eigenvalue weighted by atomic mass is 10.1. The monoisotopic (exact) mass is 163 g/mol. The second kappa shape index (κ2) is 7.15. The van der Waals surface area contributed by atoms with Gasteiger partial charge in [0.1, 0.15) is 0 Å². The van der Waals surface area contributed by atoms with Gasteiger partial charge in [-0.3, -0.25) is 0 Å². The van der Waals surface area contributed by atoms with Crippen LogP contribution in [0.3, 0.4) is 0 Å². The van der Waals surface area contributed by atoms with Crippen LogP contribution in [0.5, 0.6) is 0 Å². The van der Waals surface area contributed by atoms with E-state index in [0.717, 1.165) is 0 Å². The number of hydrogen-bond acceptors (Lipinski definition) is 0. The van der Waals surface area contributed by atoms with E-state index in [1.165, 1.54) is 51.4 Å². The Morgan fingerprint density at radius 3 is 2.50 bits per heavy atom. The first-order valence-corrected chi connectivity index (χ1v) is 5.20. The van der Waals surface area contributed by atoms with Crippen LogP contribution in [-0.4, -0.2) is 0 Å². The molecule has 0 nitrogen and oxygen atoms in total. The Kier molecular flexibility index (Phi) is 5.70. The van der Waals surface area contributed by atoms with E-state index in [1.54, 1.807) is 0 Å². The first-order chi connectivity index (χ1) is 6.00. The molecular formula is C12H19. The molecule has 0 aromatic heterocycles. The van der Waals surface area contributed by atoms with Crippen molar-refractivity contribution in [1.29, 1.82) is 0 Å². The maximum absolute atomic E-state index is 3.35. The van der Waals surface area contributed by atoms with Crippen molar-refractivity contribution in [3.8, 4) is 0 Å². The van der Waals surface area contributed by atoms with Gasteiger partial charge in [0.15, 0.2) is 0 Å². The molecule has 1 rings (SSSR count). The van der Waals surface area contributed by atoms with Crippen molar-refractivity contribution in [1.82, 2.24) is 0 Å². The normalized spacial score (nSPS) is 26.7. The van der Waals surface area contributed by atoms with Gasteiger partial charge < -0.3 is 0 Å². The minimum Gasteiger partial charge on any atom is -0.0885 e. The van der Waals surface area contributed by atoms with Crippen molar-refractivity contribution >= 4 is 0 Å². The van der Waals surface area contributed by atoms with Gasteiger partial charge in [0.25, 0.3) is 0 Å². The van der Waals surface area contributed by atoms with E-state index < -0.39 is 0 Å². The zero-order valence-electron chi connectivity index (χ0n) is 7.89. The van der Waals surface area contributed by atoms with Gasteiger partial charge in [-0.2, -0.15) is 0 Å². The van der Waals surface area contributed by atoms with Crippen molar-refractivity contribution in [3.05, 3.63) is 24.3 Å². The summed E-state index contributed by atoms with van der Waals surface area (Å²) in [5, 5.41) is 0. The Balaban J connectivity index is 2.19. The summed E-state index contributed by atoms with van der Waals surface area (Å²) in [4.78, 5) is 0. The molecule has 0 bridgehead atoms. The summed E-state index contributed by atoms with van der Waals surface area (Å²) in [6.45, 7) is 0. The lowest BCUT2D eigenvalue weighted by Gasteiger charge is -1.97. The summed E-state index contributed by atoms with van der Waals surface area (Å²) < 4.78 is 0. The van der Waals surface area contributed by atoms with Crippen LogP contribution in [0.25, 0.3) is 0 Å². The Morgan fingerprint density at radius 1 is 0.750 bits per heavy atom. The molecule has 0 heteroatoms. The van der Waals surface area contributed by atoms with Crippen LogP contribution in [0.1, 0.15) is 51.4 Å². The van der Waals surface area contributed by atoms with E-state index in [-0.39, 0.29) is 0 Å². The minimum atomic E-state index is 1.17. The van der Waals surface area contributed by atoms with Crippen LogP contribution in [0.15, 0.2) is 18.2 Å². The molecule has 0 aromatic carbocycles. The Hall–Kier alpha value is -0.520. The Labute approximate surface area is 76.4 Å². The average molecular weight is 163 g/mol. The third kappa shape index (κ3) is 5.17. The number of hydrogen-bond donors (Lipinski definition) is 0. The fraction of sp³-hybridized carbons (Fsp3) is 0.667. The summed E-state index contributed by atoms with van der Waals surface area (Å²) in [6.07, 6.45) is 20.5. The molecule has 0 fully saturated rings. The zero-order chi connectivity index (χ0) is 8.49. The van der Waals surface area contributed by atoms with Gasteiger partial charge >= 0.3 is 0 Å². The van der Waals surface area contributed by atoms with Crippen LogP contribution >= 0.6 is 0 Å². The quantitative estimate of drug-likeness (QED) is 0.473. The van der Waals surface area contributed by atoms with Crippen molar-refractivity contribution < 1.29 is 0 Å². The van der Waals surface area contributed by atoms with E-state index in [1.807, 2.05) is 0 Å². The van der Waals surface area contributed by atoms with Crippen LogP contribution in [-0.2, 0) is 0 Å². The highest BCUT2D eigenvalue weighted by Gasteiger charge is 1.88. The van der Waals surface area contributed by atoms with Crippen molar-refractivity contribution in [2.24, 2.45) is 0 Å². The van der Waals surface area contributed by atoms with Crippen LogP contribution in [0, 0.1) is 6.08 Å². The van der Waals surface area contributed by atoms with Crippen LogP contribution in [0.2, 0.25) is 0 Å². The maximum atomic E-state index is 3.35. The largest absolute Gasteiger partial charge is 0.0885 e. The summed E-state index contributed by atoms with van der Waals surface area (Å²) in [7, 11) is 0. The fourth-order valence-corrected chi connectivity index (χ4v) is 1.44. The molecule has 0 aromatic rings. The third-order valence-corrected chi connectivity index (χ3v) is 2.22. The van der Waals surface area contributed by atoms with Crippen molar-refractivity contribution in [2.75, 3.05) is 0 Å². The maximum Gasteiger partial charge on any atom is -0.0279 e. The fourth-order valence-electron chi connectivity index (χ4n) is 1.44. The van der Waals surface area contributed by atoms with Gasteiger partial charge in [0.05, 0.1) is 0 Å². The van der Waals surface area contributed by atoms with Gasteiger partial charge in [0.2, 0.25) is 0 Å². The molecule has 0 spiro atoms. The predicted octanol–water partition coefficient (Wildman–Crippen LogP) is 4.04. The molecule has 0 atom stereocenters. The highest BCUT2D eigenvalue weighted by atomic mass is 13.9. The molecule has 0 saturated heterocycles. The van der Waals surface area contributed by atoms with Gasteiger partial charge in [0, 0.05) is 0 Å². The smallest absolute Gasteiger partial charge is 0.0279 e. The lowest BCUT2D eigenvalue weighted by Crippen LogP contribution is -1.78. The van der Waals surface area contributed by atoms with Gasteiger partial charge in [-0.05, 0) is 51.0 Å². The molecule has 1 radical (unpaired) electrons. The SMILES string of the molecule is [C]1=C/CCC/C=C/CCCCC/1. The third-order valence-electron chi connectivity index (χ3n) is 2.22. The van der Waals surface area contributed by atoms with Gasteiger partial charge in [-0.15, -0.1) is 0 Å². The summed E-state index contributed by atoms with van der Waals surface area (Å²) in [6, 6.07) is 0. The molecule has 0 N–H and O–H groups in total. The van der Waals surface area contributed by atoms with E-state index in [2.05, 4.69) is 24.3 Å². The zero-order valence-corrected chi connectivity index (χ0v) is 7.89. The summed E-state index contributed by atoms with van der Waals surface area (Å²) in [5.74, 6) is 0. The average Bonchev–Trinajstić information content (AvgIpc) is 2.05. The molecule has 67 valence electrons. The lowest BCUT2D eigenvalue weighted by molar-refractivity contribution is 0.685. The standard InChI is InChI=1S/C12H19/c1-2-4-6-8-10-12-11-9-7-5-3-1/h1-2,9H,3-8,10,12H2/b2-1+,11-9?. The Bertz CT molecular complexity index is 126. The van der Waals surface area contributed by atoms with E-state index in [4.69, 9.17) is 0 Å². The predicted molar refractivity (Wildman–Crippen MR) is 53.9 cm³/mol. The first kappa shape index (κ1) is 9.57. The molecule has 0 saturated carbocycles. The second-order valence-electron chi connectivity index (χ2n) is 3.41. The van der Waals surface area contributed by atoms with Gasteiger partial charge in [-0.1, -0.05) is 24.6 Å². The van der Waals surface area contributed by atoms with E-state index in [0.29, 0.717) is 0 Å². The molecule has 0 amide bonds. The molecule has 1 aliphatic carbocycles. The van der Waals surface area contributed by atoms with E-state index >= 15 is 0 Å². The summed E-state index contributed by atoms with van der Waals surface area (Å²) >= 11 is 0. The molecule has 0 heterocycles. The molecule has 0 aliphatic heterocycles. The number of rotatable bonds is 0. The number of allylic oxidation sites excluding steroid dienone is 4. The summed E-state index contributed by atoms with van der Waals surface area (Å²) in [5.41, 5.74) is 0. The topological polar surface area (TPSA) is 0 Å². The minimum absolute atomic E-state index is 1.17. The second-order valence-corrected chi connectivity index (χ2v) is 3.41.